The van der Waals surface area contributed by atoms with Gasteiger partial charge in [-0.05, 0) is 47.2 Å². The van der Waals surface area contributed by atoms with E-state index in [0.29, 0.717) is 28.7 Å². The summed E-state index contributed by atoms with van der Waals surface area (Å²) >= 11 is 2.66. The first-order chi connectivity index (χ1) is 16.5. The highest BCUT2D eigenvalue weighted by atomic mass is 32.2. The van der Waals surface area contributed by atoms with Crippen molar-refractivity contribution in [2.45, 2.75) is 10.8 Å². The first-order valence-electron chi connectivity index (χ1n) is 10.7. The summed E-state index contributed by atoms with van der Waals surface area (Å²) in [7, 11) is -3.72. The van der Waals surface area contributed by atoms with Gasteiger partial charge >= 0.3 is 0 Å². The van der Waals surface area contributed by atoms with Gasteiger partial charge in [-0.1, -0.05) is 12.1 Å². The molecule has 34 heavy (non-hydrogen) atoms. The van der Waals surface area contributed by atoms with Crippen LogP contribution >= 0.6 is 22.7 Å². The van der Waals surface area contributed by atoms with Crippen molar-refractivity contribution in [2.24, 2.45) is 0 Å². The Labute approximate surface area is 206 Å². The van der Waals surface area contributed by atoms with Gasteiger partial charge in [0.15, 0.2) is 0 Å². The van der Waals surface area contributed by atoms with Crippen molar-refractivity contribution in [3.63, 3.8) is 0 Å². The van der Waals surface area contributed by atoms with Crippen LogP contribution in [0.15, 0.2) is 76.0 Å². The molecular formula is C23H23N5O3S3. The van der Waals surface area contributed by atoms with Gasteiger partial charge in [-0.15, -0.1) is 22.7 Å². The average Bonchev–Trinajstić information content (AvgIpc) is 3.66. The molecule has 1 aliphatic rings. The van der Waals surface area contributed by atoms with Gasteiger partial charge in [-0.2, -0.15) is 0 Å². The lowest BCUT2D eigenvalue weighted by Gasteiger charge is -2.36. The van der Waals surface area contributed by atoms with Gasteiger partial charge in [0.1, 0.15) is 4.21 Å². The number of carbonyl (C=O) groups excluding carboxylic acids is 1. The molecule has 4 heterocycles. The number of aromatic nitrogens is 2. The number of carbonyl (C=O) groups is 1. The maximum absolute atomic E-state index is 13.4. The van der Waals surface area contributed by atoms with E-state index in [2.05, 4.69) is 14.9 Å². The molecule has 11 heteroatoms. The van der Waals surface area contributed by atoms with E-state index in [1.807, 2.05) is 46.7 Å². The molecule has 0 aliphatic carbocycles. The lowest BCUT2D eigenvalue weighted by Crippen LogP contribution is -2.48. The van der Waals surface area contributed by atoms with Gasteiger partial charge in [0, 0.05) is 38.1 Å². The Morgan fingerprint density at radius 2 is 1.74 bits per heavy atom. The van der Waals surface area contributed by atoms with Crippen molar-refractivity contribution in [1.82, 2.24) is 14.9 Å². The van der Waals surface area contributed by atoms with E-state index in [1.54, 1.807) is 23.7 Å². The van der Waals surface area contributed by atoms with Gasteiger partial charge < -0.3 is 14.8 Å². The first-order valence-corrected chi connectivity index (χ1v) is 13.9. The van der Waals surface area contributed by atoms with Crippen LogP contribution in [0.4, 0.5) is 11.4 Å². The normalized spacial score (nSPS) is 14.4. The minimum absolute atomic E-state index is 0.0817. The largest absolute Gasteiger partial charge is 0.368 e. The number of sulfonamides is 1. The van der Waals surface area contributed by atoms with E-state index in [-0.39, 0.29) is 12.5 Å². The molecule has 8 nitrogen and oxygen atoms in total. The minimum atomic E-state index is -3.72. The molecule has 0 radical (unpaired) electrons. The Morgan fingerprint density at radius 1 is 1.00 bits per heavy atom. The summed E-state index contributed by atoms with van der Waals surface area (Å²) in [4.78, 5) is 24.5. The summed E-state index contributed by atoms with van der Waals surface area (Å²) in [5.41, 5.74) is 2.29. The number of nitrogens with zero attached hydrogens (tertiary/aromatic N) is 4. The van der Waals surface area contributed by atoms with Gasteiger partial charge in [0.05, 0.1) is 29.1 Å². The molecule has 0 saturated carbocycles. The minimum Gasteiger partial charge on any atom is -0.368 e. The molecule has 3 aromatic heterocycles. The Kier molecular flexibility index (Phi) is 6.40. The van der Waals surface area contributed by atoms with Crippen LogP contribution in [-0.2, 0) is 16.6 Å². The van der Waals surface area contributed by atoms with Crippen molar-refractivity contribution in [2.75, 3.05) is 35.4 Å². The fourth-order valence-corrected chi connectivity index (χ4v) is 7.15. The number of amides is 1. The second kappa shape index (κ2) is 9.61. The number of hydrogen-bond donors (Lipinski definition) is 1. The summed E-state index contributed by atoms with van der Waals surface area (Å²) in [6, 6.07) is 14.6. The molecule has 1 saturated heterocycles. The molecule has 1 aromatic carbocycles. The van der Waals surface area contributed by atoms with Crippen molar-refractivity contribution in [1.29, 1.82) is 0 Å². The molecular weight excluding hydrogens is 490 g/mol. The Morgan fingerprint density at radius 3 is 2.35 bits per heavy atom. The zero-order valence-corrected chi connectivity index (χ0v) is 20.7. The molecule has 4 aromatic rings. The zero-order valence-electron chi connectivity index (χ0n) is 18.2. The zero-order chi connectivity index (χ0) is 23.5. The van der Waals surface area contributed by atoms with Crippen LogP contribution in [0.25, 0.3) is 0 Å². The number of aromatic amines is 1. The standard InChI is InChI=1S/C23H23N5O3S3/c29-23(21-3-1-13-32-21)27-11-9-26(10-12-27)19-5-7-20(8-6-19)28(16-18-15-24-17-25-18)34(30,31)22-4-2-14-33-22/h1-8,13-15,17H,9-12,16H2,(H,24,25). The van der Waals surface area contributed by atoms with Crippen molar-refractivity contribution >= 4 is 50.0 Å². The summed E-state index contributed by atoms with van der Waals surface area (Å²) in [5, 5.41) is 3.67. The number of imidazole rings is 1. The van der Waals surface area contributed by atoms with Gasteiger partial charge in [0.2, 0.25) is 0 Å². The second-order valence-corrected chi connectivity index (χ2v) is 11.8. The van der Waals surface area contributed by atoms with Crippen LogP contribution in [0, 0.1) is 0 Å². The number of benzene rings is 1. The molecule has 0 spiro atoms. The van der Waals surface area contributed by atoms with Crippen LogP contribution in [0.2, 0.25) is 0 Å². The SMILES string of the molecule is O=C(c1cccs1)N1CCN(c2ccc(N(Cc3cnc[nH]3)S(=O)(=O)c3cccs3)cc2)CC1. The Hall–Kier alpha value is -3.15. The second-order valence-electron chi connectivity index (χ2n) is 7.79. The number of nitrogens with one attached hydrogen (secondary N) is 1. The Bertz CT molecular complexity index is 1310. The highest BCUT2D eigenvalue weighted by Crippen LogP contribution is 2.30. The molecule has 0 unspecified atom stereocenters. The van der Waals surface area contributed by atoms with Gasteiger partial charge in [-0.3, -0.25) is 9.10 Å². The first kappa shape index (κ1) is 22.6. The quantitative estimate of drug-likeness (QED) is 0.405. The van der Waals surface area contributed by atoms with Crippen LogP contribution in [-0.4, -0.2) is 55.4 Å². The molecule has 1 aliphatic heterocycles. The van der Waals surface area contributed by atoms with E-state index >= 15 is 0 Å². The lowest BCUT2D eigenvalue weighted by atomic mass is 10.2. The number of piperazine rings is 1. The molecule has 0 atom stereocenters. The van der Waals surface area contributed by atoms with E-state index in [0.717, 1.165) is 23.7 Å². The monoisotopic (exact) mass is 513 g/mol. The topological polar surface area (TPSA) is 89.6 Å². The number of hydrogen-bond acceptors (Lipinski definition) is 7. The summed E-state index contributed by atoms with van der Waals surface area (Å²) in [6.07, 6.45) is 3.17. The molecule has 176 valence electrons. The molecule has 1 N–H and O–H groups in total. The number of rotatable bonds is 7. The average molecular weight is 514 g/mol. The highest BCUT2D eigenvalue weighted by molar-refractivity contribution is 7.94. The van der Waals surface area contributed by atoms with E-state index in [9.17, 15) is 13.2 Å². The third-order valence-electron chi connectivity index (χ3n) is 5.71. The fraction of sp³-hybridized carbons (Fsp3) is 0.217. The van der Waals surface area contributed by atoms with Crippen LogP contribution in [0.3, 0.4) is 0 Å². The third-order valence-corrected chi connectivity index (χ3v) is 9.71. The molecule has 0 bridgehead atoms. The highest BCUT2D eigenvalue weighted by Gasteiger charge is 2.27. The van der Waals surface area contributed by atoms with Gasteiger partial charge in [-0.25, -0.2) is 13.4 Å². The summed E-state index contributed by atoms with van der Waals surface area (Å²) < 4.78 is 28.4. The molecule has 1 amide bonds. The van der Waals surface area contributed by atoms with Crippen molar-refractivity contribution in [3.05, 3.63) is 82.4 Å². The number of H-pyrrole nitrogens is 1. The van der Waals surface area contributed by atoms with Crippen LogP contribution in [0.1, 0.15) is 15.4 Å². The van der Waals surface area contributed by atoms with Crippen molar-refractivity contribution < 1.29 is 13.2 Å². The third kappa shape index (κ3) is 4.59. The lowest BCUT2D eigenvalue weighted by molar-refractivity contribution is 0.0751. The van der Waals surface area contributed by atoms with E-state index in [1.165, 1.54) is 33.3 Å². The summed E-state index contributed by atoms with van der Waals surface area (Å²) in [5.74, 6) is 0.0817. The fourth-order valence-electron chi connectivity index (χ4n) is 3.91. The smallest absolute Gasteiger partial charge is 0.274 e. The van der Waals surface area contributed by atoms with E-state index in [4.69, 9.17) is 0 Å². The predicted octanol–water partition coefficient (Wildman–Crippen LogP) is 3.89. The van der Waals surface area contributed by atoms with Crippen LogP contribution in [0.5, 0.6) is 0 Å². The number of thiophene rings is 2. The predicted molar refractivity (Wildman–Crippen MR) is 135 cm³/mol. The van der Waals surface area contributed by atoms with E-state index < -0.39 is 10.0 Å². The summed E-state index contributed by atoms with van der Waals surface area (Å²) in [6.45, 7) is 2.90. The van der Waals surface area contributed by atoms with Gasteiger partial charge in [0.25, 0.3) is 15.9 Å². The maximum atomic E-state index is 13.4. The number of anilines is 2. The maximum Gasteiger partial charge on any atom is 0.274 e. The molecule has 5 rings (SSSR count). The van der Waals surface area contributed by atoms with Crippen LogP contribution < -0.4 is 9.21 Å². The molecule has 1 fully saturated rings. The Balaban J connectivity index is 1.32. The van der Waals surface area contributed by atoms with Crippen molar-refractivity contribution in [3.8, 4) is 0 Å².